The van der Waals surface area contributed by atoms with E-state index < -0.39 is 6.10 Å². The fraction of sp³-hybridized carbons (Fsp3) is 0.176. The largest absolute Gasteiger partial charge is 0.389 e. The summed E-state index contributed by atoms with van der Waals surface area (Å²) in [4.78, 5) is 11.0. The molecule has 2 rings (SSSR count). The maximum absolute atomic E-state index is 11.0. The van der Waals surface area contributed by atoms with Crippen LogP contribution in [0.3, 0.4) is 0 Å². The summed E-state index contributed by atoms with van der Waals surface area (Å²) >= 11 is 11.4. The highest BCUT2D eigenvalue weighted by atomic mass is 35.5. The van der Waals surface area contributed by atoms with E-state index in [9.17, 15) is 9.90 Å². The second-order valence-electron chi connectivity index (χ2n) is 5.25. The first-order valence-electron chi connectivity index (χ1n) is 7.28. The third-order valence-corrected chi connectivity index (χ3v) is 3.70. The van der Waals surface area contributed by atoms with Crippen molar-refractivity contribution < 1.29 is 9.90 Å². The Morgan fingerprint density at radius 3 is 2.04 bits per heavy atom. The third kappa shape index (κ3) is 5.19. The SMILES string of the molecule is CC(=O)Nc1ccc(NC(=S)Nc2ccc(C(C)O)c(Cl)c2)cc1. The highest BCUT2D eigenvalue weighted by Gasteiger charge is 2.08. The average Bonchev–Trinajstić information content (AvgIpc) is 2.48. The van der Waals surface area contributed by atoms with Gasteiger partial charge in [-0.2, -0.15) is 0 Å². The molecule has 7 heteroatoms. The number of amides is 1. The van der Waals surface area contributed by atoms with Crippen LogP contribution in [0.25, 0.3) is 0 Å². The predicted molar refractivity (Wildman–Crippen MR) is 103 cm³/mol. The molecule has 0 aliphatic carbocycles. The van der Waals surface area contributed by atoms with E-state index in [1.165, 1.54) is 6.92 Å². The quantitative estimate of drug-likeness (QED) is 0.614. The summed E-state index contributed by atoms with van der Waals surface area (Å²) in [6, 6.07) is 12.4. The van der Waals surface area contributed by atoms with Crippen LogP contribution in [0.4, 0.5) is 17.1 Å². The van der Waals surface area contributed by atoms with E-state index in [-0.39, 0.29) is 5.91 Å². The summed E-state index contributed by atoms with van der Waals surface area (Å²) in [5, 5.41) is 19.2. The van der Waals surface area contributed by atoms with Gasteiger partial charge in [0.25, 0.3) is 0 Å². The van der Waals surface area contributed by atoms with Crippen LogP contribution in [0, 0.1) is 0 Å². The summed E-state index contributed by atoms with van der Waals surface area (Å²) in [5.74, 6) is -0.120. The average molecular weight is 364 g/mol. The summed E-state index contributed by atoms with van der Waals surface area (Å²) in [5.41, 5.74) is 2.88. The highest BCUT2D eigenvalue weighted by molar-refractivity contribution is 7.80. The Kier molecular flexibility index (Phi) is 6.14. The van der Waals surface area contributed by atoms with Crippen LogP contribution in [0.15, 0.2) is 42.5 Å². The van der Waals surface area contributed by atoms with Gasteiger partial charge in [-0.25, -0.2) is 0 Å². The number of carbonyl (C=O) groups is 1. The number of rotatable bonds is 4. The van der Waals surface area contributed by atoms with Crippen molar-refractivity contribution in [2.45, 2.75) is 20.0 Å². The highest BCUT2D eigenvalue weighted by Crippen LogP contribution is 2.26. The van der Waals surface area contributed by atoms with Gasteiger partial charge >= 0.3 is 0 Å². The van der Waals surface area contributed by atoms with Gasteiger partial charge in [0, 0.05) is 29.0 Å². The van der Waals surface area contributed by atoms with Crippen LogP contribution in [-0.2, 0) is 4.79 Å². The zero-order chi connectivity index (χ0) is 17.7. The van der Waals surface area contributed by atoms with Crippen molar-refractivity contribution in [3.8, 4) is 0 Å². The van der Waals surface area contributed by atoms with E-state index in [0.29, 0.717) is 21.4 Å². The molecule has 0 aliphatic heterocycles. The molecule has 0 saturated carbocycles. The van der Waals surface area contributed by atoms with Gasteiger partial charge in [-0.1, -0.05) is 17.7 Å². The molecule has 2 aromatic rings. The molecule has 0 radical (unpaired) electrons. The predicted octanol–water partition coefficient (Wildman–Crippen LogP) is 4.16. The minimum absolute atomic E-state index is 0.120. The van der Waals surface area contributed by atoms with E-state index in [4.69, 9.17) is 23.8 Å². The molecule has 1 amide bonds. The van der Waals surface area contributed by atoms with E-state index in [1.807, 2.05) is 12.1 Å². The molecule has 0 spiro atoms. The van der Waals surface area contributed by atoms with Crippen molar-refractivity contribution >= 4 is 51.9 Å². The Balaban J connectivity index is 1.98. The van der Waals surface area contributed by atoms with Gasteiger partial charge in [-0.05, 0) is 61.1 Å². The number of halogens is 1. The molecule has 1 atom stereocenters. The van der Waals surface area contributed by atoms with Gasteiger partial charge in [0.15, 0.2) is 5.11 Å². The lowest BCUT2D eigenvalue weighted by molar-refractivity contribution is -0.114. The first-order chi connectivity index (χ1) is 11.3. The monoisotopic (exact) mass is 363 g/mol. The topological polar surface area (TPSA) is 73.4 Å². The molecule has 0 saturated heterocycles. The number of anilines is 3. The molecule has 0 fully saturated rings. The molecule has 5 nitrogen and oxygen atoms in total. The van der Waals surface area contributed by atoms with Crippen LogP contribution in [0.2, 0.25) is 5.02 Å². The maximum atomic E-state index is 11.0. The number of benzene rings is 2. The van der Waals surface area contributed by atoms with Crippen molar-refractivity contribution in [3.63, 3.8) is 0 Å². The van der Waals surface area contributed by atoms with Crippen molar-refractivity contribution in [2.24, 2.45) is 0 Å². The van der Waals surface area contributed by atoms with Gasteiger partial charge in [-0.3, -0.25) is 4.79 Å². The lowest BCUT2D eigenvalue weighted by Gasteiger charge is -2.13. The number of nitrogens with one attached hydrogen (secondary N) is 3. The summed E-state index contributed by atoms with van der Waals surface area (Å²) in [6.45, 7) is 3.12. The second-order valence-corrected chi connectivity index (χ2v) is 6.07. The van der Waals surface area contributed by atoms with Gasteiger partial charge in [0.2, 0.25) is 5.91 Å². The minimum Gasteiger partial charge on any atom is -0.389 e. The lowest BCUT2D eigenvalue weighted by Crippen LogP contribution is -2.19. The van der Waals surface area contributed by atoms with E-state index in [1.54, 1.807) is 37.3 Å². The smallest absolute Gasteiger partial charge is 0.221 e. The van der Waals surface area contributed by atoms with Crippen molar-refractivity contribution in [3.05, 3.63) is 53.1 Å². The number of carbonyl (C=O) groups excluding carboxylic acids is 1. The van der Waals surface area contributed by atoms with Crippen molar-refractivity contribution in [1.29, 1.82) is 0 Å². The van der Waals surface area contributed by atoms with Gasteiger partial charge < -0.3 is 21.1 Å². The number of aliphatic hydroxyl groups excluding tert-OH is 1. The van der Waals surface area contributed by atoms with Crippen molar-refractivity contribution in [1.82, 2.24) is 0 Å². The van der Waals surface area contributed by atoms with Crippen LogP contribution in [-0.4, -0.2) is 16.1 Å². The van der Waals surface area contributed by atoms with Crippen LogP contribution < -0.4 is 16.0 Å². The Bertz CT molecular complexity index is 748. The lowest BCUT2D eigenvalue weighted by atomic mass is 10.1. The van der Waals surface area contributed by atoms with Crippen molar-refractivity contribution in [2.75, 3.05) is 16.0 Å². The first kappa shape index (κ1) is 18.2. The number of thiocarbonyl (C=S) groups is 1. The fourth-order valence-corrected chi connectivity index (χ4v) is 2.65. The molecule has 0 heterocycles. The molecule has 0 bridgehead atoms. The number of hydrogen-bond acceptors (Lipinski definition) is 3. The molecule has 0 aromatic heterocycles. The molecular weight excluding hydrogens is 346 g/mol. The first-order valence-corrected chi connectivity index (χ1v) is 8.07. The van der Waals surface area contributed by atoms with E-state index >= 15 is 0 Å². The van der Waals surface area contributed by atoms with Crippen LogP contribution >= 0.6 is 23.8 Å². The molecular formula is C17H18ClN3O2S. The minimum atomic E-state index is -0.626. The van der Waals surface area contributed by atoms with E-state index in [0.717, 1.165) is 11.4 Å². The normalized spacial score (nSPS) is 11.5. The maximum Gasteiger partial charge on any atom is 0.221 e. The summed E-state index contributed by atoms with van der Waals surface area (Å²) in [7, 11) is 0. The molecule has 2 aromatic carbocycles. The van der Waals surface area contributed by atoms with Crippen LogP contribution in [0.1, 0.15) is 25.5 Å². The Morgan fingerprint density at radius 2 is 1.54 bits per heavy atom. The summed E-state index contributed by atoms with van der Waals surface area (Å²) < 4.78 is 0. The van der Waals surface area contributed by atoms with Gasteiger partial charge in [-0.15, -0.1) is 0 Å². The molecule has 1 unspecified atom stereocenters. The van der Waals surface area contributed by atoms with Crippen LogP contribution in [0.5, 0.6) is 0 Å². The summed E-state index contributed by atoms with van der Waals surface area (Å²) in [6.07, 6.45) is -0.626. The van der Waals surface area contributed by atoms with E-state index in [2.05, 4.69) is 16.0 Å². The number of hydrogen-bond donors (Lipinski definition) is 4. The Morgan fingerprint density at radius 1 is 1.04 bits per heavy atom. The Hall–Kier alpha value is -2.15. The fourth-order valence-electron chi connectivity index (χ4n) is 2.08. The standard InChI is InChI=1S/C17H18ClN3O2S/c1-10(22)15-8-7-14(9-16(15)18)21-17(24)20-13-5-3-12(4-6-13)19-11(2)23/h3-10,22H,1-2H3,(H,19,23)(H2,20,21,24). The molecule has 24 heavy (non-hydrogen) atoms. The Labute approximate surface area is 151 Å². The zero-order valence-electron chi connectivity index (χ0n) is 13.3. The number of aliphatic hydroxyl groups is 1. The zero-order valence-corrected chi connectivity index (χ0v) is 14.8. The second kappa shape index (κ2) is 8.10. The molecule has 0 aliphatic rings. The van der Waals surface area contributed by atoms with Gasteiger partial charge in [0.1, 0.15) is 0 Å². The molecule has 4 N–H and O–H groups in total. The molecule has 126 valence electrons. The third-order valence-electron chi connectivity index (χ3n) is 3.17. The van der Waals surface area contributed by atoms with Gasteiger partial charge in [0.05, 0.1) is 6.10 Å².